The zero-order valence-corrected chi connectivity index (χ0v) is 8.36. The quantitative estimate of drug-likeness (QED) is 0.658. The van der Waals surface area contributed by atoms with Crippen LogP contribution in [0.25, 0.3) is 0 Å². The molecule has 72 valence electrons. The molecule has 1 N–H and O–H groups in total. The summed E-state index contributed by atoms with van der Waals surface area (Å²) in [7, 11) is 3.83. The molecule has 1 aliphatic rings. The molecule has 0 aromatic heterocycles. The van der Waals surface area contributed by atoms with Gasteiger partial charge in [-0.1, -0.05) is 6.42 Å². The normalized spacial score (nSPS) is 20.5. The van der Waals surface area contributed by atoms with Crippen molar-refractivity contribution in [1.29, 1.82) is 0 Å². The Morgan fingerprint density at radius 3 is 2.50 bits per heavy atom. The van der Waals surface area contributed by atoms with Crippen molar-refractivity contribution in [2.24, 2.45) is 5.41 Å². The van der Waals surface area contributed by atoms with E-state index in [-0.39, 0.29) is 0 Å². The van der Waals surface area contributed by atoms with Gasteiger partial charge in [0.15, 0.2) is 0 Å². The maximum atomic E-state index is 5.13. The van der Waals surface area contributed by atoms with Crippen LogP contribution in [-0.4, -0.2) is 27.3 Å². The minimum atomic E-state index is 0.638. The Labute approximate surface area is 75.7 Å². The summed E-state index contributed by atoms with van der Waals surface area (Å²) in [4.78, 5) is 0. The predicted octanol–water partition coefficient (Wildman–Crippen LogP) is 1.80. The fourth-order valence-electron chi connectivity index (χ4n) is 2.01. The number of hydrogen-bond donors (Lipinski definition) is 1. The molecule has 0 saturated heterocycles. The van der Waals surface area contributed by atoms with Gasteiger partial charge in [-0.25, -0.2) is 0 Å². The van der Waals surface area contributed by atoms with E-state index in [1.165, 1.54) is 32.1 Å². The molecule has 0 amide bonds. The van der Waals surface area contributed by atoms with Crippen LogP contribution < -0.4 is 5.32 Å². The van der Waals surface area contributed by atoms with E-state index in [1.54, 1.807) is 7.11 Å². The molecule has 0 radical (unpaired) electrons. The molecule has 2 nitrogen and oxygen atoms in total. The van der Waals surface area contributed by atoms with Crippen LogP contribution in [0.4, 0.5) is 0 Å². The molecule has 1 saturated carbocycles. The van der Waals surface area contributed by atoms with Gasteiger partial charge in [0.05, 0.1) is 0 Å². The standard InChI is InChI=1S/C10H21NO/c1-11-8-6-10(4-3-5-10)7-9-12-2/h11H,3-9H2,1-2H3. The average molecular weight is 171 g/mol. The van der Waals surface area contributed by atoms with Crippen molar-refractivity contribution in [1.82, 2.24) is 5.32 Å². The van der Waals surface area contributed by atoms with Gasteiger partial charge >= 0.3 is 0 Å². The second-order valence-electron chi connectivity index (χ2n) is 3.95. The van der Waals surface area contributed by atoms with Gasteiger partial charge in [0.25, 0.3) is 0 Å². The van der Waals surface area contributed by atoms with E-state index in [0.717, 1.165) is 13.2 Å². The summed E-state index contributed by atoms with van der Waals surface area (Å²) in [5.41, 5.74) is 0.638. The molecule has 0 aromatic carbocycles. The van der Waals surface area contributed by atoms with Crippen LogP contribution >= 0.6 is 0 Å². The Morgan fingerprint density at radius 1 is 1.33 bits per heavy atom. The average Bonchev–Trinajstić information content (AvgIpc) is 2.02. The summed E-state index contributed by atoms with van der Waals surface area (Å²) in [5.74, 6) is 0. The van der Waals surface area contributed by atoms with Crippen LogP contribution in [0.3, 0.4) is 0 Å². The predicted molar refractivity (Wildman–Crippen MR) is 51.3 cm³/mol. The van der Waals surface area contributed by atoms with Gasteiger partial charge in [-0.3, -0.25) is 0 Å². The van der Waals surface area contributed by atoms with Crippen LogP contribution in [0.15, 0.2) is 0 Å². The molecule has 0 heterocycles. The van der Waals surface area contributed by atoms with E-state index in [0.29, 0.717) is 5.41 Å². The number of methoxy groups -OCH3 is 1. The number of ether oxygens (including phenoxy) is 1. The molecule has 0 spiro atoms. The van der Waals surface area contributed by atoms with Crippen molar-refractivity contribution in [2.75, 3.05) is 27.3 Å². The molecule has 0 bridgehead atoms. The van der Waals surface area contributed by atoms with Crippen molar-refractivity contribution in [3.8, 4) is 0 Å². The number of hydrogen-bond acceptors (Lipinski definition) is 2. The lowest BCUT2D eigenvalue weighted by molar-refractivity contribution is 0.0620. The Balaban J connectivity index is 2.19. The molecule has 0 aromatic rings. The van der Waals surface area contributed by atoms with Crippen molar-refractivity contribution in [3.63, 3.8) is 0 Å². The summed E-state index contributed by atoms with van der Waals surface area (Å²) in [6.45, 7) is 2.09. The molecule has 1 rings (SSSR count). The maximum absolute atomic E-state index is 5.13. The van der Waals surface area contributed by atoms with Gasteiger partial charge in [-0.05, 0) is 44.7 Å². The van der Waals surface area contributed by atoms with Gasteiger partial charge in [0.1, 0.15) is 0 Å². The minimum Gasteiger partial charge on any atom is -0.385 e. The van der Waals surface area contributed by atoms with Crippen molar-refractivity contribution < 1.29 is 4.74 Å². The van der Waals surface area contributed by atoms with Crippen LogP contribution in [0.2, 0.25) is 0 Å². The highest BCUT2D eigenvalue weighted by molar-refractivity contribution is 4.87. The first-order valence-electron chi connectivity index (χ1n) is 4.96. The fourth-order valence-corrected chi connectivity index (χ4v) is 2.01. The highest BCUT2D eigenvalue weighted by Crippen LogP contribution is 2.46. The molecule has 1 aliphatic carbocycles. The smallest absolute Gasteiger partial charge is 0.0467 e. The zero-order chi connectivity index (χ0) is 8.86. The SMILES string of the molecule is CNCCC1(CCOC)CCC1. The van der Waals surface area contributed by atoms with E-state index >= 15 is 0 Å². The Morgan fingerprint density at radius 2 is 2.08 bits per heavy atom. The van der Waals surface area contributed by atoms with E-state index in [9.17, 15) is 0 Å². The summed E-state index contributed by atoms with van der Waals surface area (Å²) in [5, 5.41) is 3.23. The largest absolute Gasteiger partial charge is 0.385 e. The van der Waals surface area contributed by atoms with Crippen LogP contribution in [0.1, 0.15) is 32.1 Å². The lowest BCUT2D eigenvalue weighted by atomic mass is 9.65. The lowest BCUT2D eigenvalue weighted by Gasteiger charge is -2.42. The third-order valence-electron chi connectivity index (χ3n) is 3.16. The van der Waals surface area contributed by atoms with E-state index in [2.05, 4.69) is 5.32 Å². The summed E-state index contributed by atoms with van der Waals surface area (Å²) >= 11 is 0. The van der Waals surface area contributed by atoms with Crippen LogP contribution in [0.5, 0.6) is 0 Å². The van der Waals surface area contributed by atoms with Crippen LogP contribution in [-0.2, 0) is 4.74 Å². The minimum absolute atomic E-state index is 0.638. The Hall–Kier alpha value is -0.0800. The molecule has 12 heavy (non-hydrogen) atoms. The molecule has 0 unspecified atom stereocenters. The van der Waals surface area contributed by atoms with Crippen molar-refractivity contribution >= 4 is 0 Å². The molecular weight excluding hydrogens is 150 g/mol. The number of rotatable bonds is 6. The maximum Gasteiger partial charge on any atom is 0.0467 e. The van der Waals surface area contributed by atoms with E-state index in [1.807, 2.05) is 7.05 Å². The van der Waals surface area contributed by atoms with E-state index in [4.69, 9.17) is 4.74 Å². The van der Waals surface area contributed by atoms with Crippen LogP contribution in [0, 0.1) is 5.41 Å². The Kier molecular flexibility index (Phi) is 4.02. The third-order valence-corrected chi connectivity index (χ3v) is 3.16. The molecular formula is C10H21NO. The van der Waals surface area contributed by atoms with E-state index < -0.39 is 0 Å². The number of nitrogens with one attached hydrogen (secondary N) is 1. The topological polar surface area (TPSA) is 21.3 Å². The summed E-state index contributed by atoms with van der Waals surface area (Å²) in [6.07, 6.45) is 6.83. The second kappa shape index (κ2) is 4.83. The van der Waals surface area contributed by atoms with Crippen molar-refractivity contribution in [3.05, 3.63) is 0 Å². The first kappa shape index (κ1) is 10.0. The summed E-state index contributed by atoms with van der Waals surface area (Å²) < 4.78 is 5.13. The fraction of sp³-hybridized carbons (Fsp3) is 1.00. The Bertz CT molecular complexity index is 111. The third kappa shape index (κ3) is 2.46. The first-order chi connectivity index (χ1) is 5.83. The first-order valence-corrected chi connectivity index (χ1v) is 4.96. The highest BCUT2D eigenvalue weighted by Gasteiger charge is 2.35. The molecule has 1 fully saturated rings. The molecule has 0 atom stereocenters. The van der Waals surface area contributed by atoms with Gasteiger partial charge < -0.3 is 10.1 Å². The monoisotopic (exact) mass is 171 g/mol. The van der Waals surface area contributed by atoms with Gasteiger partial charge in [-0.2, -0.15) is 0 Å². The van der Waals surface area contributed by atoms with Gasteiger partial charge in [0.2, 0.25) is 0 Å². The van der Waals surface area contributed by atoms with Crippen molar-refractivity contribution in [2.45, 2.75) is 32.1 Å². The zero-order valence-electron chi connectivity index (χ0n) is 8.36. The second-order valence-corrected chi connectivity index (χ2v) is 3.95. The summed E-state index contributed by atoms with van der Waals surface area (Å²) in [6, 6.07) is 0. The highest BCUT2D eigenvalue weighted by atomic mass is 16.5. The molecule has 2 heteroatoms. The molecule has 0 aliphatic heterocycles. The van der Waals surface area contributed by atoms with Gasteiger partial charge in [0, 0.05) is 13.7 Å². The van der Waals surface area contributed by atoms with Gasteiger partial charge in [-0.15, -0.1) is 0 Å². The lowest BCUT2D eigenvalue weighted by Crippen LogP contribution is -2.33.